The molecule has 1 fully saturated rings. The minimum Gasteiger partial charge on any atom is -0.346 e. The van der Waals surface area contributed by atoms with Gasteiger partial charge >= 0.3 is 0 Å². The van der Waals surface area contributed by atoms with Gasteiger partial charge in [-0.3, -0.25) is 14.5 Å². The molecule has 0 saturated carbocycles. The number of hydrogen-bond donors (Lipinski definition) is 3. The maximum Gasteiger partial charge on any atom is 0.243 e. The number of carbonyl (C=O) groups excluding carboxylic acids is 2. The number of nitrogens with one attached hydrogen (secondary N) is 3. The largest absolute Gasteiger partial charge is 0.346 e. The van der Waals surface area contributed by atoms with Gasteiger partial charge in [0.15, 0.2) is 11.6 Å². The van der Waals surface area contributed by atoms with Crippen molar-refractivity contribution in [1.82, 2.24) is 15.5 Å². The van der Waals surface area contributed by atoms with Crippen LogP contribution in [0.1, 0.15) is 19.3 Å². The molecular formula is C18H26F2N4O2. The Balaban J connectivity index is 1.65. The summed E-state index contributed by atoms with van der Waals surface area (Å²) in [6.07, 6.45) is 3.30. The van der Waals surface area contributed by atoms with Gasteiger partial charge in [-0.25, -0.2) is 8.78 Å². The van der Waals surface area contributed by atoms with Crippen molar-refractivity contribution in [2.24, 2.45) is 5.92 Å². The lowest BCUT2D eigenvalue weighted by Crippen LogP contribution is -2.43. The van der Waals surface area contributed by atoms with Crippen molar-refractivity contribution in [3.05, 3.63) is 29.8 Å². The molecule has 1 aromatic carbocycles. The van der Waals surface area contributed by atoms with Crippen molar-refractivity contribution >= 4 is 17.5 Å². The van der Waals surface area contributed by atoms with E-state index < -0.39 is 17.5 Å². The molecule has 26 heavy (non-hydrogen) atoms. The zero-order valence-electron chi connectivity index (χ0n) is 15.0. The van der Waals surface area contributed by atoms with Gasteiger partial charge in [0, 0.05) is 11.8 Å². The van der Waals surface area contributed by atoms with Crippen molar-refractivity contribution in [2.45, 2.75) is 19.3 Å². The Labute approximate surface area is 152 Å². The van der Waals surface area contributed by atoms with Crippen LogP contribution in [0, 0.1) is 17.6 Å². The second kappa shape index (κ2) is 10.2. The molecule has 0 spiro atoms. The van der Waals surface area contributed by atoms with Crippen molar-refractivity contribution in [3.8, 4) is 0 Å². The van der Waals surface area contributed by atoms with E-state index in [4.69, 9.17) is 0 Å². The number of anilines is 1. The Morgan fingerprint density at radius 3 is 2.54 bits per heavy atom. The first-order chi connectivity index (χ1) is 12.5. The summed E-state index contributed by atoms with van der Waals surface area (Å²) in [6, 6.07) is 3.09. The third-order valence-electron chi connectivity index (χ3n) is 4.53. The van der Waals surface area contributed by atoms with E-state index in [1.165, 1.54) is 6.07 Å². The van der Waals surface area contributed by atoms with Gasteiger partial charge in [0.2, 0.25) is 11.8 Å². The SMILES string of the molecule is CNCCC1CCN(CC(=O)NCC(=O)Nc2ccc(F)c(F)c2)CC1. The van der Waals surface area contributed by atoms with Crippen LogP contribution in [0.15, 0.2) is 18.2 Å². The van der Waals surface area contributed by atoms with Crippen LogP contribution in [0.3, 0.4) is 0 Å². The van der Waals surface area contributed by atoms with Gasteiger partial charge in [-0.05, 0) is 64.0 Å². The van der Waals surface area contributed by atoms with Crippen LogP contribution in [0.25, 0.3) is 0 Å². The Morgan fingerprint density at radius 2 is 1.88 bits per heavy atom. The number of halogens is 2. The normalized spacial score (nSPS) is 15.7. The summed E-state index contributed by atoms with van der Waals surface area (Å²) in [5.41, 5.74) is 0.145. The lowest BCUT2D eigenvalue weighted by atomic mass is 9.93. The van der Waals surface area contributed by atoms with Crippen LogP contribution in [0.2, 0.25) is 0 Å². The second-order valence-corrected chi connectivity index (χ2v) is 6.57. The fraction of sp³-hybridized carbons (Fsp3) is 0.556. The average molecular weight is 368 g/mol. The van der Waals surface area contributed by atoms with Crippen LogP contribution < -0.4 is 16.0 Å². The molecule has 1 aliphatic heterocycles. The Bertz CT molecular complexity index is 619. The number of hydrogen-bond acceptors (Lipinski definition) is 4. The summed E-state index contributed by atoms with van der Waals surface area (Å²) >= 11 is 0. The fourth-order valence-corrected chi connectivity index (χ4v) is 3.00. The van der Waals surface area contributed by atoms with Gasteiger partial charge in [0.1, 0.15) is 0 Å². The van der Waals surface area contributed by atoms with E-state index in [-0.39, 0.29) is 24.7 Å². The predicted molar refractivity (Wildman–Crippen MR) is 95.7 cm³/mol. The number of carbonyl (C=O) groups is 2. The minimum atomic E-state index is -1.04. The molecule has 0 aromatic heterocycles. The number of benzene rings is 1. The summed E-state index contributed by atoms with van der Waals surface area (Å²) in [6.45, 7) is 2.82. The summed E-state index contributed by atoms with van der Waals surface area (Å²) in [5.74, 6) is -2.03. The third kappa shape index (κ3) is 6.68. The quantitative estimate of drug-likeness (QED) is 0.648. The lowest BCUT2D eigenvalue weighted by Gasteiger charge is -2.31. The van der Waals surface area contributed by atoms with Crippen LogP contribution in [-0.2, 0) is 9.59 Å². The van der Waals surface area contributed by atoms with Gasteiger partial charge in [-0.1, -0.05) is 0 Å². The maximum atomic E-state index is 13.1. The highest BCUT2D eigenvalue weighted by Gasteiger charge is 2.20. The van der Waals surface area contributed by atoms with Crippen molar-refractivity contribution in [3.63, 3.8) is 0 Å². The summed E-state index contributed by atoms with van der Waals surface area (Å²) in [7, 11) is 1.95. The molecule has 0 radical (unpaired) electrons. The molecule has 144 valence electrons. The minimum absolute atomic E-state index is 0.145. The molecular weight excluding hydrogens is 342 g/mol. The molecule has 6 nitrogen and oxygen atoms in total. The molecule has 0 atom stereocenters. The molecule has 2 rings (SSSR count). The van der Waals surface area contributed by atoms with Gasteiger partial charge in [-0.15, -0.1) is 0 Å². The number of amides is 2. The van der Waals surface area contributed by atoms with Crippen LogP contribution >= 0.6 is 0 Å². The highest BCUT2D eigenvalue weighted by molar-refractivity contribution is 5.94. The first-order valence-electron chi connectivity index (χ1n) is 8.86. The van der Waals surface area contributed by atoms with Crippen molar-refractivity contribution in [1.29, 1.82) is 0 Å². The van der Waals surface area contributed by atoms with E-state index in [9.17, 15) is 18.4 Å². The summed E-state index contributed by atoms with van der Waals surface area (Å²) in [4.78, 5) is 25.8. The number of rotatable bonds is 8. The van der Waals surface area contributed by atoms with E-state index in [1.807, 2.05) is 7.05 Å². The molecule has 0 unspecified atom stereocenters. The fourth-order valence-electron chi connectivity index (χ4n) is 3.00. The highest BCUT2D eigenvalue weighted by atomic mass is 19.2. The summed E-state index contributed by atoms with van der Waals surface area (Å²) < 4.78 is 25.9. The van der Waals surface area contributed by atoms with Crippen molar-refractivity contribution < 1.29 is 18.4 Å². The smallest absolute Gasteiger partial charge is 0.243 e. The van der Waals surface area contributed by atoms with E-state index >= 15 is 0 Å². The van der Waals surface area contributed by atoms with Gasteiger partial charge in [0.25, 0.3) is 0 Å². The second-order valence-electron chi connectivity index (χ2n) is 6.57. The molecule has 0 aliphatic carbocycles. The zero-order chi connectivity index (χ0) is 18.9. The first-order valence-corrected chi connectivity index (χ1v) is 8.86. The topological polar surface area (TPSA) is 73.5 Å². The number of nitrogens with zero attached hydrogens (tertiary/aromatic N) is 1. The van der Waals surface area contributed by atoms with E-state index in [2.05, 4.69) is 20.9 Å². The molecule has 3 N–H and O–H groups in total. The Hall–Kier alpha value is -2.06. The molecule has 1 aromatic rings. The number of piperidine rings is 1. The first kappa shape index (κ1) is 20.3. The van der Waals surface area contributed by atoms with Gasteiger partial charge in [-0.2, -0.15) is 0 Å². The zero-order valence-corrected chi connectivity index (χ0v) is 15.0. The maximum absolute atomic E-state index is 13.1. The molecule has 0 bridgehead atoms. The number of likely N-dealkylation sites (tertiary alicyclic amines) is 1. The van der Waals surface area contributed by atoms with Gasteiger partial charge < -0.3 is 16.0 Å². The standard InChI is InChI=1S/C18H26F2N4O2/c1-21-7-4-13-5-8-24(9-6-13)12-18(26)22-11-17(25)23-14-2-3-15(19)16(20)10-14/h2-3,10,13,21H,4-9,11-12H2,1H3,(H,22,26)(H,23,25). The van der Waals surface area contributed by atoms with E-state index in [0.29, 0.717) is 5.92 Å². The van der Waals surface area contributed by atoms with E-state index in [0.717, 1.165) is 51.0 Å². The molecule has 1 aliphatic rings. The van der Waals surface area contributed by atoms with Crippen LogP contribution in [0.5, 0.6) is 0 Å². The molecule has 8 heteroatoms. The molecule has 1 heterocycles. The third-order valence-corrected chi connectivity index (χ3v) is 4.53. The summed E-state index contributed by atoms with van der Waals surface area (Å²) in [5, 5.41) is 8.12. The Morgan fingerprint density at radius 1 is 1.15 bits per heavy atom. The van der Waals surface area contributed by atoms with Gasteiger partial charge in [0.05, 0.1) is 13.1 Å². The molecule has 2 amide bonds. The monoisotopic (exact) mass is 368 g/mol. The van der Waals surface area contributed by atoms with E-state index in [1.54, 1.807) is 0 Å². The molecule has 1 saturated heterocycles. The average Bonchev–Trinajstić information content (AvgIpc) is 2.62. The van der Waals surface area contributed by atoms with Crippen LogP contribution in [0.4, 0.5) is 14.5 Å². The lowest BCUT2D eigenvalue weighted by molar-refractivity contribution is -0.125. The Kier molecular flexibility index (Phi) is 7.93. The highest BCUT2D eigenvalue weighted by Crippen LogP contribution is 2.19. The predicted octanol–water partition coefficient (Wildman–Crippen LogP) is 1.34. The van der Waals surface area contributed by atoms with Crippen molar-refractivity contribution in [2.75, 3.05) is 45.1 Å². The van der Waals surface area contributed by atoms with Crippen LogP contribution in [-0.4, -0.2) is 56.5 Å².